The molecule has 0 bridgehead atoms. The molecule has 0 spiro atoms. The third kappa shape index (κ3) is 3.18. The van der Waals surface area contributed by atoms with Crippen molar-refractivity contribution in [1.82, 2.24) is 10.3 Å². The molecule has 62 valence electrons. The minimum absolute atomic E-state index is 0.644. The minimum Gasteiger partial charge on any atom is -0.306 e. The van der Waals surface area contributed by atoms with Crippen molar-refractivity contribution in [2.75, 3.05) is 13.1 Å². The molecular formula is C10H12N2. The third-order valence-corrected chi connectivity index (χ3v) is 1.57. The average molecular weight is 160 g/mol. The smallest absolute Gasteiger partial charge is 0.0573 e. The molecule has 2 nitrogen and oxygen atoms in total. The van der Waals surface area contributed by atoms with E-state index in [0.29, 0.717) is 6.54 Å². The Hall–Kier alpha value is -1.33. The molecule has 0 aliphatic carbocycles. The molecule has 1 aromatic rings. The van der Waals surface area contributed by atoms with Gasteiger partial charge in [-0.15, -0.1) is 6.42 Å². The Morgan fingerprint density at radius 3 is 2.83 bits per heavy atom. The lowest BCUT2D eigenvalue weighted by atomic mass is 10.2. The van der Waals surface area contributed by atoms with Crippen LogP contribution >= 0.6 is 0 Å². The van der Waals surface area contributed by atoms with Gasteiger partial charge in [-0.2, -0.15) is 0 Å². The van der Waals surface area contributed by atoms with E-state index in [1.807, 2.05) is 12.1 Å². The van der Waals surface area contributed by atoms with Crippen molar-refractivity contribution >= 4 is 0 Å². The first-order chi connectivity index (χ1) is 5.93. The van der Waals surface area contributed by atoms with Gasteiger partial charge in [-0.05, 0) is 24.1 Å². The Kier molecular flexibility index (Phi) is 3.90. The lowest BCUT2D eigenvalue weighted by molar-refractivity contribution is 0.752. The van der Waals surface area contributed by atoms with Crippen molar-refractivity contribution in [2.24, 2.45) is 0 Å². The summed E-state index contributed by atoms with van der Waals surface area (Å²) in [4.78, 5) is 3.94. The van der Waals surface area contributed by atoms with Crippen LogP contribution in [0.15, 0.2) is 24.5 Å². The summed E-state index contributed by atoms with van der Waals surface area (Å²) < 4.78 is 0. The predicted octanol–water partition coefficient (Wildman–Crippen LogP) is 0.847. The van der Waals surface area contributed by atoms with Crippen molar-refractivity contribution in [3.63, 3.8) is 0 Å². The summed E-state index contributed by atoms with van der Waals surface area (Å²) in [5.41, 5.74) is 1.29. The van der Waals surface area contributed by atoms with Gasteiger partial charge in [-0.3, -0.25) is 4.98 Å². The zero-order chi connectivity index (χ0) is 8.65. The molecule has 1 heterocycles. The quantitative estimate of drug-likeness (QED) is 0.521. The number of terminal acetylenes is 1. The highest BCUT2D eigenvalue weighted by Gasteiger charge is 1.89. The maximum atomic E-state index is 5.09. The lowest BCUT2D eigenvalue weighted by Crippen LogP contribution is -2.17. The second-order valence-corrected chi connectivity index (χ2v) is 2.49. The van der Waals surface area contributed by atoms with E-state index in [0.717, 1.165) is 13.0 Å². The second kappa shape index (κ2) is 5.34. The van der Waals surface area contributed by atoms with Crippen LogP contribution < -0.4 is 5.32 Å². The van der Waals surface area contributed by atoms with Gasteiger partial charge in [0.05, 0.1) is 6.54 Å². The summed E-state index contributed by atoms with van der Waals surface area (Å²) >= 11 is 0. The van der Waals surface area contributed by atoms with E-state index in [2.05, 4.69) is 16.2 Å². The van der Waals surface area contributed by atoms with Crippen LogP contribution in [0.4, 0.5) is 0 Å². The van der Waals surface area contributed by atoms with E-state index < -0.39 is 0 Å². The molecule has 0 saturated carbocycles. The molecule has 0 radical (unpaired) electrons. The molecular weight excluding hydrogens is 148 g/mol. The first kappa shape index (κ1) is 8.76. The monoisotopic (exact) mass is 160 g/mol. The molecule has 1 rings (SSSR count). The lowest BCUT2D eigenvalue weighted by Gasteiger charge is -1.99. The predicted molar refractivity (Wildman–Crippen MR) is 49.6 cm³/mol. The Labute approximate surface area is 73.0 Å². The standard InChI is InChI=1S/C10H12N2/c1-2-6-11-7-3-10-4-8-12-9-5-10/h1,4-5,8-9,11H,3,6-7H2. The van der Waals surface area contributed by atoms with Gasteiger partial charge in [0, 0.05) is 18.9 Å². The molecule has 0 aromatic carbocycles. The van der Waals surface area contributed by atoms with Gasteiger partial charge in [-0.1, -0.05) is 5.92 Å². The minimum atomic E-state index is 0.644. The summed E-state index contributed by atoms with van der Waals surface area (Å²) in [6.45, 7) is 1.57. The van der Waals surface area contributed by atoms with Crippen molar-refractivity contribution in [2.45, 2.75) is 6.42 Å². The van der Waals surface area contributed by atoms with Crippen LogP contribution in [0.5, 0.6) is 0 Å². The molecule has 0 atom stereocenters. The highest BCUT2D eigenvalue weighted by Crippen LogP contribution is 1.95. The summed E-state index contributed by atoms with van der Waals surface area (Å²) in [5.74, 6) is 2.53. The summed E-state index contributed by atoms with van der Waals surface area (Å²) in [6.07, 6.45) is 9.69. The van der Waals surface area contributed by atoms with Gasteiger partial charge >= 0.3 is 0 Å². The number of rotatable bonds is 4. The van der Waals surface area contributed by atoms with Crippen molar-refractivity contribution in [3.8, 4) is 12.3 Å². The van der Waals surface area contributed by atoms with E-state index in [1.54, 1.807) is 12.4 Å². The maximum Gasteiger partial charge on any atom is 0.0573 e. The van der Waals surface area contributed by atoms with Crippen molar-refractivity contribution in [1.29, 1.82) is 0 Å². The molecule has 0 fully saturated rings. The first-order valence-corrected chi connectivity index (χ1v) is 3.96. The van der Waals surface area contributed by atoms with E-state index in [1.165, 1.54) is 5.56 Å². The van der Waals surface area contributed by atoms with Gasteiger partial charge in [-0.25, -0.2) is 0 Å². The molecule has 2 heteroatoms. The highest BCUT2D eigenvalue weighted by molar-refractivity contribution is 5.09. The molecule has 12 heavy (non-hydrogen) atoms. The number of hydrogen-bond donors (Lipinski definition) is 1. The van der Waals surface area contributed by atoms with Crippen LogP contribution in [-0.4, -0.2) is 18.1 Å². The Balaban J connectivity index is 2.21. The number of pyridine rings is 1. The molecule has 0 aliphatic heterocycles. The molecule has 0 saturated heterocycles. The second-order valence-electron chi connectivity index (χ2n) is 2.49. The third-order valence-electron chi connectivity index (χ3n) is 1.57. The highest BCUT2D eigenvalue weighted by atomic mass is 14.8. The van der Waals surface area contributed by atoms with E-state index in [-0.39, 0.29) is 0 Å². The van der Waals surface area contributed by atoms with Crippen LogP contribution in [0.25, 0.3) is 0 Å². The SMILES string of the molecule is C#CCNCCc1ccncc1. The van der Waals surface area contributed by atoms with E-state index >= 15 is 0 Å². The van der Waals surface area contributed by atoms with Crippen molar-refractivity contribution < 1.29 is 0 Å². The number of aromatic nitrogens is 1. The summed E-state index contributed by atoms with van der Waals surface area (Å²) in [5, 5.41) is 3.13. The van der Waals surface area contributed by atoms with Gasteiger partial charge in [0.15, 0.2) is 0 Å². The fourth-order valence-corrected chi connectivity index (χ4v) is 0.943. The number of nitrogens with zero attached hydrogens (tertiary/aromatic N) is 1. The largest absolute Gasteiger partial charge is 0.306 e. The topological polar surface area (TPSA) is 24.9 Å². The molecule has 0 aliphatic rings. The van der Waals surface area contributed by atoms with E-state index in [9.17, 15) is 0 Å². The number of nitrogens with one attached hydrogen (secondary N) is 1. The Bertz CT molecular complexity index is 248. The first-order valence-electron chi connectivity index (χ1n) is 3.96. The van der Waals surface area contributed by atoms with Crippen LogP contribution in [0.1, 0.15) is 5.56 Å². The van der Waals surface area contributed by atoms with Gasteiger partial charge in [0.1, 0.15) is 0 Å². The normalized spacial score (nSPS) is 9.25. The van der Waals surface area contributed by atoms with Crippen LogP contribution in [0.3, 0.4) is 0 Å². The summed E-state index contributed by atoms with van der Waals surface area (Å²) in [7, 11) is 0. The van der Waals surface area contributed by atoms with Gasteiger partial charge in [0.2, 0.25) is 0 Å². The van der Waals surface area contributed by atoms with Crippen LogP contribution in [-0.2, 0) is 6.42 Å². The molecule has 0 unspecified atom stereocenters. The van der Waals surface area contributed by atoms with Gasteiger partial charge < -0.3 is 5.32 Å². The Morgan fingerprint density at radius 2 is 2.17 bits per heavy atom. The fourth-order valence-electron chi connectivity index (χ4n) is 0.943. The van der Waals surface area contributed by atoms with Crippen LogP contribution in [0, 0.1) is 12.3 Å². The van der Waals surface area contributed by atoms with E-state index in [4.69, 9.17) is 6.42 Å². The molecule has 1 aromatic heterocycles. The Morgan fingerprint density at radius 1 is 1.42 bits per heavy atom. The fraction of sp³-hybridized carbons (Fsp3) is 0.300. The maximum absolute atomic E-state index is 5.09. The van der Waals surface area contributed by atoms with Crippen LogP contribution in [0.2, 0.25) is 0 Å². The molecule has 1 N–H and O–H groups in total. The van der Waals surface area contributed by atoms with Crippen molar-refractivity contribution in [3.05, 3.63) is 30.1 Å². The van der Waals surface area contributed by atoms with Gasteiger partial charge in [0.25, 0.3) is 0 Å². The molecule has 0 amide bonds. The zero-order valence-electron chi connectivity index (χ0n) is 6.96. The zero-order valence-corrected chi connectivity index (χ0v) is 6.96. The summed E-state index contributed by atoms with van der Waals surface area (Å²) in [6, 6.07) is 4.02. The average Bonchev–Trinajstić information content (AvgIpc) is 2.14. The number of hydrogen-bond acceptors (Lipinski definition) is 2.